The van der Waals surface area contributed by atoms with Crippen molar-refractivity contribution < 1.29 is 33.4 Å². The second kappa shape index (κ2) is 7.28. The number of methoxy groups -OCH3 is 2. The van der Waals surface area contributed by atoms with Gasteiger partial charge in [0.05, 0.1) is 25.3 Å². The Labute approximate surface area is 137 Å². The summed E-state index contributed by atoms with van der Waals surface area (Å²) in [4.78, 5) is 34.0. The van der Waals surface area contributed by atoms with E-state index in [4.69, 9.17) is 9.52 Å². The number of rotatable bonds is 5. The van der Waals surface area contributed by atoms with E-state index in [-0.39, 0.29) is 11.1 Å². The van der Waals surface area contributed by atoms with Crippen LogP contribution in [0.4, 0.5) is 0 Å². The number of carbonyl (C=O) groups is 3. The van der Waals surface area contributed by atoms with E-state index in [9.17, 15) is 14.4 Å². The van der Waals surface area contributed by atoms with E-state index in [0.717, 1.165) is 6.08 Å². The molecule has 1 aromatic heterocycles. The van der Waals surface area contributed by atoms with E-state index in [2.05, 4.69) is 9.47 Å². The van der Waals surface area contributed by atoms with Crippen LogP contribution >= 0.6 is 0 Å². The summed E-state index contributed by atoms with van der Waals surface area (Å²) in [5, 5.41) is 8.62. The summed E-state index contributed by atoms with van der Waals surface area (Å²) < 4.78 is 14.8. The number of hydrogen-bond acceptors (Lipinski definition) is 6. The molecule has 0 aliphatic rings. The van der Waals surface area contributed by atoms with Crippen molar-refractivity contribution in [3.05, 3.63) is 53.3 Å². The predicted molar refractivity (Wildman–Crippen MR) is 83.5 cm³/mol. The van der Waals surface area contributed by atoms with E-state index in [1.165, 1.54) is 38.5 Å². The highest BCUT2D eigenvalue weighted by Crippen LogP contribution is 2.26. The molecule has 7 nitrogen and oxygen atoms in total. The smallest absolute Gasteiger partial charge is 0.337 e. The minimum atomic E-state index is -1.10. The van der Waals surface area contributed by atoms with E-state index in [1.807, 2.05) is 0 Å². The first-order valence-corrected chi connectivity index (χ1v) is 6.77. The Morgan fingerprint density at radius 1 is 1.00 bits per heavy atom. The van der Waals surface area contributed by atoms with Crippen LogP contribution in [0.25, 0.3) is 17.4 Å². The minimum Gasteiger partial charge on any atom is -0.478 e. The molecule has 0 radical (unpaired) electrons. The van der Waals surface area contributed by atoms with Gasteiger partial charge in [0.1, 0.15) is 11.5 Å². The van der Waals surface area contributed by atoms with Crippen LogP contribution in [0, 0.1) is 0 Å². The second-order valence-electron chi connectivity index (χ2n) is 4.66. The van der Waals surface area contributed by atoms with E-state index < -0.39 is 17.9 Å². The fourth-order valence-corrected chi connectivity index (χ4v) is 1.99. The maximum absolute atomic E-state index is 11.8. The first-order chi connectivity index (χ1) is 11.4. The van der Waals surface area contributed by atoms with Gasteiger partial charge < -0.3 is 19.0 Å². The van der Waals surface area contributed by atoms with Crippen molar-refractivity contribution in [1.29, 1.82) is 0 Å². The first kappa shape index (κ1) is 17.0. The number of esters is 2. The molecule has 0 fully saturated rings. The Kier molecular flexibility index (Phi) is 5.16. The van der Waals surface area contributed by atoms with Crippen LogP contribution in [0.2, 0.25) is 0 Å². The van der Waals surface area contributed by atoms with Gasteiger partial charge in [0.15, 0.2) is 0 Å². The average Bonchev–Trinajstić information content (AvgIpc) is 3.07. The van der Waals surface area contributed by atoms with Gasteiger partial charge in [0, 0.05) is 11.6 Å². The molecule has 2 aromatic rings. The lowest BCUT2D eigenvalue weighted by Crippen LogP contribution is -2.06. The molecule has 1 aromatic carbocycles. The maximum Gasteiger partial charge on any atom is 0.337 e. The van der Waals surface area contributed by atoms with Crippen LogP contribution < -0.4 is 0 Å². The molecule has 0 atom stereocenters. The van der Waals surface area contributed by atoms with Crippen LogP contribution in [-0.4, -0.2) is 37.2 Å². The number of carbonyl (C=O) groups excluding carboxylic acids is 2. The van der Waals surface area contributed by atoms with Gasteiger partial charge >= 0.3 is 17.9 Å². The first-order valence-electron chi connectivity index (χ1n) is 6.77. The van der Waals surface area contributed by atoms with Gasteiger partial charge in [-0.2, -0.15) is 0 Å². The topological polar surface area (TPSA) is 103 Å². The predicted octanol–water partition coefficient (Wildman–Crippen LogP) is 2.62. The van der Waals surface area contributed by atoms with Crippen molar-refractivity contribution in [1.82, 2.24) is 0 Å². The molecular weight excluding hydrogens is 316 g/mol. The molecule has 1 N–H and O–H groups in total. The number of furan rings is 1. The number of carboxylic acid groups (broad SMARTS) is 1. The number of hydrogen-bond donors (Lipinski definition) is 1. The molecule has 0 bridgehead atoms. The zero-order valence-corrected chi connectivity index (χ0v) is 12.9. The average molecular weight is 330 g/mol. The molecular formula is C17H14O7. The summed E-state index contributed by atoms with van der Waals surface area (Å²) in [6.07, 6.45) is 2.23. The van der Waals surface area contributed by atoms with Crippen LogP contribution in [-0.2, 0) is 14.3 Å². The summed E-state index contributed by atoms with van der Waals surface area (Å²) >= 11 is 0. The molecule has 0 aliphatic carbocycles. The summed E-state index contributed by atoms with van der Waals surface area (Å²) in [6, 6.07) is 7.52. The molecule has 0 spiro atoms. The minimum absolute atomic E-state index is 0.162. The van der Waals surface area contributed by atoms with Crippen molar-refractivity contribution >= 4 is 24.0 Å². The number of benzene rings is 1. The zero-order chi connectivity index (χ0) is 17.7. The standard InChI is InChI=1S/C17H14O7/c1-22-16(20)11-7-10(8-12(9-11)17(21)23-2)14-5-3-13(24-14)4-6-15(18)19/h3-9H,1-2H3,(H,18,19). The normalized spacial score (nSPS) is 10.6. The van der Waals surface area contributed by atoms with Gasteiger partial charge in [-0.15, -0.1) is 0 Å². The highest BCUT2D eigenvalue weighted by Gasteiger charge is 2.16. The van der Waals surface area contributed by atoms with E-state index >= 15 is 0 Å². The van der Waals surface area contributed by atoms with Crippen LogP contribution in [0.15, 0.2) is 40.8 Å². The fraction of sp³-hybridized carbons (Fsp3) is 0.118. The van der Waals surface area contributed by atoms with E-state index in [0.29, 0.717) is 17.1 Å². The fourth-order valence-electron chi connectivity index (χ4n) is 1.99. The van der Waals surface area contributed by atoms with Gasteiger partial charge in [-0.05, 0) is 36.4 Å². The molecule has 7 heteroatoms. The third-order valence-corrected chi connectivity index (χ3v) is 3.08. The van der Waals surface area contributed by atoms with Crippen LogP contribution in [0.3, 0.4) is 0 Å². The van der Waals surface area contributed by atoms with Crippen molar-refractivity contribution in [3.63, 3.8) is 0 Å². The molecule has 0 unspecified atom stereocenters. The van der Waals surface area contributed by atoms with Crippen LogP contribution in [0.1, 0.15) is 26.5 Å². The van der Waals surface area contributed by atoms with Gasteiger partial charge in [-0.3, -0.25) is 0 Å². The van der Waals surface area contributed by atoms with Crippen LogP contribution in [0.5, 0.6) is 0 Å². The number of aliphatic carboxylic acids is 1. The van der Waals surface area contributed by atoms with Gasteiger partial charge in [-0.1, -0.05) is 0 Å². The third-order valence-electron chi connectivity index (χ3n) is 3.08. The third kappa shape index (κ3) is 3.89. The Morgan fingerprint density at radius 2 is 1.58 bits per heavy atom. The maximum atomic E-state index is 11.8. The lowest BCUT2D eigenvalue weighted by atomic mass is 10.0. The highest BCUT2D eigenvalue weighted by atomic mass is 16.5. The number of ether oxygens (including phenoxy) is 2. The molecule has 0 amide bonds. The lowest BCUT2D eigenvalue weighted by Gasteiger charge is -2.06. The Hall–Kier alpha value is -3.35. The van der Waals surface area contributed by atoms with Crippen molar-refractivity contribution in [2.75, 3.05) is 14.2 Å². The largest absolute Gasteiger partial charge is 0.478 e. The summed E-state index contributed by atoms with van der Waals surface area (Å²) in [5.74, 6) is -1.65. The molecule has 24 heavy (non-hydrogen) atoms. The Morgan fingerprint density at radius 3 is 2.08 bits per heavy atom. The molecule has 0 saturated heterocycles. The quantitative estimate of drug-likeness (QED) is 0.664. The van der Waals surface area contributed by atoms with Crippen molar-refractivity contribution in [2.24, 2.45) is 0 Å². The Balaban J connectivity index is 2.47. The highest BCUT2D eigenvalue weighted by molar-refractivity contribution is 5.97. The van der Waals surface area contributed by atoms with Gasteiger partial charge in [0.25, 0.3) is 0 Å². The lowest BCUT2D eigenvalue weighted by molar-refractivity contribution is -0.131. The summed E-state index contributed by atoms with van der Waals surface area (Å²) in [7, 11) is 2.46. The van der Waals surface area contributed by atoms with Gasteiger partial charge in [-0.25, -0.2) is 14.4 Å². The Bertz CT molecular complexity index is 780. The molecule has 2 rings (SSSR count). The number of carboxylic acids is 1. The van der Waals surface area contributed by atoms with Gasteiger partial charge in [0.2, 0.25) is 0 Å². The summed E-state index contributed by atoms with van der Waals surface area (Å²) in [5.41, 5.74) is 0.775. The van der Waals surface area contributed by atoms with Crippen molar-refractivity contribution in [2.45, 2.75) is 0 Å². The second-order valence-corrected chi connectivity index (χ2v) is 4.66. The monoisotopic (exact) mass is 330 g/mol. The summed E-state index contributed by atoms with van der Waals surface area (Å²) in [6.45, 7) is 0. The van der Waals surface area contributed by atoms with E-state index in [1.54, 1.807) is 12.1 Å². The molecule has 0 aliphatic heterocycles. The zero-order valence-electron chi connectivity index (χ0n) is 12.9. The molecule has 0 saturated carbocycles. The van der Waals surface area contributed by atoms with Crippen molar-refractivity contribution in [3.8, 4) is 11.3 Å². The molecule has 1 heterocycles. The molecule has 124 valence electrons. The SMILES string of the molecule is COC(=O)c1cc(C(=O)OC)cc(-c2ccc(C=CC(=O)O)o2)c1.